The van der Waals surface area contributed by atoms with Gasteiger partial charge in [-0.05, 0) is 0 Å². The Kier molecular flexibility index (Phi) is 1.93. The summed E-state index contributed by atoms with van der Waals surface area (Å²) in [5.74, 6) is -0.896. The molecule has 1 aliphatic rings. The molecule has 0 aliphatic heterocycles. The summed E-state index contributed by atoms with van der Waals surface area (Å²) in [4.78, 5) is 22.7. The largest absolute Gasteiger partial charge is 0.388 e. The van der Waals surface area contributed by atoms with Crippen molar-refractivity contribution in [1.82, 2.24) is 5.32 Å². The third-order valence-electron chi connectivity index (χ3n) is 2.23. The van der Waals surface area contributed by atoms with Crippen LogP contribution in [0.1, 0.15) is 15.9 Å². The molecule has 0 spiro atoms. The van der Waals surface area contributed by atoms with Crippen molar-refractivity contribution in [2.75, 3.05) is 7.05 Å². The molecule has 2 rings (SSSR count). The second kappa shape index (κ2) is 3.10. The van der Waals surface area contributed by atoms with Crippen LogP contribution in [0, 0.1) is 0 Å². The molecule has 1 aromatic rings. The van der Waals surface area contributed by atoms with Crippen molar-refractivity contribution in [2.24, 2.45) is 0 Å². The summed E-state index contributed by atoms with van der Waals surface area (Å²) in [7, 11) is 1.73. The second-order valence-electron chi connectivity index (χ2n) is 3.05. The predicted octanol–water partition coefficient (Wildman–Crippen LogP) is 1.01. The van der Waals surface area contributed by atoms with Gasteiger partial charge in [0.25, 0.3) is 0 Å². The lowest BCUT2D eigenvalue weighted by Crippen LogP contribution is -2.22. The van der Waals surface area contributed by atoms with Gasteiger partial charge in [-0.3, -0.25) is 9.59 Å². The van der Waals surface area contributed by atoms with Crippen LogP contribution in [-0.2, 0) is 4.79 Å². The van der Waals surface area contributed by atoms with Gasteiger partial charge in [-0.25, -0.2) is 0 Å². The number of fused-ring (bicyclic) bond motifs is 1. The molecule has 14 heavy (non-hydrogen) atoms. The molecule has 3 nitrogen and oxygen atoms in total. The highest BCUT2D eigenvalue weighted by atomic mass is 16.2. The van der Waals surface area contributed by atoms with Crippen molar-refractivity contribution < 1.29 is 9.59 Å². The van der Waals surface area contributed by atoms with Crippen molar-refractivity contribution in [3.8, 4) is 0 Å². The minimum Gasteiger partial charge on any atom is -0.388 e. The first-order valence-corrected chi connectivity index (χ1v) is 4.31. The number of nitrogens with one attached hydrogen (secondary N) is 1. The standard InChI is InChI=1S/C11H9NO2/c1-12-9-6-10(13)11(14)8-5-3-2-4-7(8)9/h2-6,12H,1H3. The Morgan fingerprint density at radius 1 is 1.07 bits per heavy atom. The summed E-state index contributed by atoms with van der Waals surface area (Å²) in [5.41, 5.74) is 1.97. The van der Waals surface area contributed by atoms with Gasteiger partial charge in [-0.2, -0.15) is 0 Å². The average Bonchev–Trinajstić information content (AvgIpc) is 2.23. The normalized spacial score (nSPS) is 14.8. The maximum absolute atomic E-state index is 11.5. The van der Waals surface area contributed by atoms with E-state index in [0.717, 1.165) is 5.56 Å². The first kappa shape index (κ1) is 8.69. The third kappa shape index (κ3) is 1.14. The Hall–Kier alpha value is -1.90. The number of hydrogen-bond donors (Lipinski definition) is 1. The van der Waals surface area contributed by atoms with E-state index in [9.17, 15) is 9.59 Å². The summed E-state index contributed by atoms with van der Waals surface area (Å²) < 4.78 is 0. The molecule has 1 aromatic carbocycles. The maximum atomic E-state index is 11.5. The minimum atomic E-state index is -0.465. The topological polar surface area (TPSA) is 46.2 Å². The number of allylic oxidation sites excluding steroid dienone is 1. The van der Waals surface area contributed by atoms with Gasteiger partial charge in [0.05, 0.1) is 0 Å². The Bertz CT molecular complexity index is 446. The Morgan fingerprint density at radius 3 is 2.36 bits per heavy atom. The summed E-state index contributed by atoms with van der Waals surface area (Å²) in [6.45, 7) is 0. The van der Waals surface area contributed by atoms with Crippen LogP contribution in [0.25, 0.3) is 5.70 Å². The molecule has 0 saturated heterocycles. The van der Waals surface area contributed by atoms with Gasteiger partial charge in [0.15, 0.2) is 0 Å². The van der Waals surface area contributed by atoms with Crippen LogP contribution in [0.2, 0.25) is 0 Å². The molecule has 0 heterocycles. The van der Waals surface area contributed by atoms with E-state index in [1.165, 1.54) is 6.08 Å². The van der Waals surface area contributed by atoms with Crippen molar-refractivity contribution in [3.63, 3.8) is 0 Å². The fourth-order valence-corrected chi connectivity index (χ4v) is 1.53. The molecule has 0 atom stereocenters. The molecule has 0 bridgehead atoms. The van der Waals surface area contributed by atoms with E-state index >= 15 is 0 Å². The highest BCUT2D eigenvalue weighted by Crippen LogP contribution is 2.22. The summed E-state index contributed by atoms with van der Waals surface area (Å²) in [6.07, 6.45) is 1.34. The fraction of sp³-hybridized carbons (Fsp3) is 0.0909. The molecular weight excluding hydrogens is 178 g/mol. The van der Waals surface area contributed by atoms with Crippen LogP contribution in [0.4, 0.5) is 0 Å². The molecule has 70 valence electrons. The van der Waals surface area contributed by atoms with Crippen molar-refractivity contribution in [1.29, 1.82) is 0 Å². The van der Waals surface area contributed by atoms with Crippen molar-refractivity contribution in [2.45, 2.75) is 0 Å². The molecular formula is C11H9NO2. The van der Waals surface area contributed by atoms with E-state index in [2.05, 4.69) is 5.32 Å². The van der Waals surface area contributed by atoms with Crippen LogP contribution >= 0.6 is 0 Å². The Balaban J connectivity index is 2.66. The van der Waals surface area contributed by atoms with Crippen molar-refractivity contribution >= 4 is 17.3 Å². The van der Waals surface area contributed by atoms with Gasteiger partial charge in [0, 0.05) is 29.9 Å². The zero-order chi connectivity index (χ0) is 10.1. The molecule has 0 radical (unpaired) electrons. The number of carbonyl (C=O) groups excluding carboxylic acids is 2. The maximum Gasteiger partial charge on any atom is 0.233 e. The molecule has 1 aliphatic carbocycles. The van der Waals surface area contributed by atoms with E-state index in [1.807, 2.05) is 12.1 Å². The molecule has 1 N–H and O–H groups in total. The molecule has 0 fully saturated rings. The molecule has 0 saturated carbocycles. The zero-order valence-electron chi connectivity index (χ0n) is 7.70. The van der Waals surface area contributed by atoms with Gasteiger partial charge >= 0.3 is 0 Å². The predicted molar refractivity (Wildman–Crippen MR) is 52.8 cm³/mol. The lowest BCUT2D eigenvalue weighted by Gasteiger charge is -2.14. The third-order valence-corrected chi connectivity index (χ3v) is 2.23. The SMILES string of the molecule is CNC1=CC(=O)C(=O)c2ccccc21. The number of Topliss-reactive ketones (excluding diaryl/α,β-unsaturated/α-hetero) is 1. The van der Waals surface area contributed by atoms with Gasteiger partial charge < -0.3 is 5.32 Å². The summed E-state index contributed by atoms with van der Waals surface area (Å²) >= 11 is 0. The van der Waals surface area contributed by atoms with Gasteiger partial charge in [-0.1, -0.05) is 24.3 Å². The lowest BCUT2D eigenvalue weighted by molar-refractivity contribution is -0.111. The van der Waals surface area contributed by atoms with Gasteiger partial charge in [0.1, 0.15) is 0 Å². The molecule has 0 amide bonds. The molecule has 0 aromatic heterocycles. The lowest BCUT2D eigenvalue weighted by atomic mass is 9.93. The Labute approximate surface area is 81.4 Å². The van der Waals surface area contributed by atoms with E-state index in [4.69, 9.17) is 0 Å². The van der Waals surface area contributed by atoms with Crippen LogP contribution in [-0.4, -0.2) is 18.6 Å². The van der Waals surface area contributed by atoms with E-state index in [1.54, 1.807) is 19.2 Å². The molecule has 3 heteroatoms. The van der Waals surface area contributed by atoms with Gasteiger partial charge in [-0.15, -0.1) is 0 Å². The van der Waals surface area contributed by atoms with Crippen LogP contribution in [0.15, 0.2) is 30.3 Å². The van der Waals surface area contributed by atoms with Crippen LogP contribution < -0.4 is 5.32 Å². The number of benzene rings is 1. The first-order chi connectivity index (χ1) is 6.74. The Morgan fingerprint density at radius 2 is 1.71 bits per heavy atom. The van der Waals surface area contributed by atoms with E-state index < -0.39 is 11.6 Å². The smallest absolute Gasteiger partial charge is 0.233 e. The number of carbonyl (C=O) groups is 2. The summed E-state index contributed by atoms with van der Waals surface area (Å²) in [6, 6.07) is 7.08. The zero-order valence-corrected chi connectivity index (χ0v) is 7.70. The van der Waals surface area contributed by atoms with Crippen LogP contribution in [0.5, 0.6) is 0 Å². The van der Waals surface area contributed by atoms with Crippen LogP contribution in [0.3, 0.4) is 0 Å². The highest BCUT2D eigenvalue weighted by molar-refractivity contribution is 6.50. The van der Waals surface area contributed by atoms with Crippen molar-refractivity contribution in [3.05, 3.63) is 41.5 Å². The first-order valence-electron chi connectivity index (χ1n) is 4.31. The highest BCUT2D eigenvalue weighted by Gasteiger charge is 2.24. The molecule has 0 unspecified atom stereocenters. The summed E-state index contributed by atoms with van der Waals surface area (Å²) in [5, 5.41) is 2.90. The fourth-order valence-electron chi connectivity index (χ4n) is 1.53. The monoisotopic (exact) mass is 187 g/mol. The average molecular weight is 187 g/mol. The number of ketones is 2. The quantitative estimate of drug-likeness (QED) is 0.667. The van der Waals surface area contributed by atoms with Gasteiger partial charge in [0.2, 0.25) is 11.6 Å². The van der Waals surface area contributed by atoms with E-state index in [-0.39, 0.29) is 0 Å². The number of hydrogen-bond acceptors (Lipinski definition) is 3. The minimum absolute atomic E-state index is 0.431. The number of rotatable bonds is 1. The van der Waals surface area contributed by atoms with E-state index in [0.29, 0.717) is 11.3 Å². The second-order valence-corrected chi connectivity index (χ2v) is 3.05.